The predicted molar refractivity (Wildman–Crippen MR) is 630 cm³/mol. The van der Waals surface area contributed by atoms with Crippen molar-refractivity contribution in [3.05, 3.63) is 482 Å². The van der Waals surface area contributed by atoms with Gasteiger partial charge >= 0.3 is 0 Å². The average molecular weight is 1910 g/mol. The van der Waals surface area contributed by atoms with Crippen LogP contribution in [0.2, 0.25) is 0 Å². The molecule has 4 nitrogen and oxygen atoms in total. The summed E-state index contributed by atoms with van der Waals surface area (Å²) in [7, 11) is 0. The summed E-state index contributed by atoms with van der Waals surface area (Å²) < 4.78 is 10.6. The minimum Gasteiger partial charge on any atom is -0.310 e. The van der Waals surface area contributed by atoms with Gasteiger partial charge in [0.1, 0.15) is 0 Å². The standard InChI is InChI=1S/2C68H48N2S2/c1-41-13-9-14-42(2)65(41)69(49-33-25-45(26-34-49)51-19-11-21-55-53-17-5-7-23-61(53)71-67(51)55)59-39-31-47-30-38-58-60(40-32-48-29-37-57(59)63(47)64(48)58)70(66-43(3)15-10-16-44(66)4)50-35-27-46(28-36-50)52-20-12-22-56-54-18-6-8-24-62(54)72-68(52)56;1-3-43-41-61(69(47-17-7-5-8-18-47)49-33-29-45(30-34-49)53-23-15-25-57-55-21-11-13-27-63(55)71-67(53)57)59-40-38-52-44(4-2)42-62(60-39-37-51(43)65(59)66(52)60)70(48-19-9-6-10-20-48)50-35-31-46(32-36-50)54-24-16-26-58-56-22-12-14-28-64(56)72-68(54)58/h5-40H,1-4H3;5-42H,3-4H2,1-2H3. The van der Waals surface area contributed by atoms with Crippen molar-refractivity contribution in [3.8, 4) is 44.5 Å². The number of nitrogens with zero attached hydrogens (tertiary/aromatic N) is 4. The van der Waals surface area contributed by atoms with E-state index in [2.05, 4.69) is 510 Å². The molecule has 0 spiro atoms. The van der Waals surface area contributed by atoms with Crippen LogP contribution in [0.15, 0.2) is 449 Å². The molecule has 0 aliphatic heterocycles. The molecule has 4 heterocycles. The van der Waals surface area contributed by atoms with E-state index in [1.807, 2.05) is 45.3 Å². The van der Waals surface area contributed by atoms with Gasteiger partial charge in [-0.25, -0.2) is 0 Å². The molecule has 8 heteroatoms. The molecular formula is C136H96N4S4. The van der Waals surface area contributed by atoms with E-state index in [1.165, 1.54) is 246 Å². The van der Waals surface area contributed by atoms with Gasteiger partial charge in [0, 0.05) is 136 Å². The molecule has 28 rings (SSSR count). The molecule has 144 heavy (non-hydrogen) atoms. The Labute approximate surface area is 852 Å². The van der Waals surface area contributed by atoms with Gasteiger partial charge in [0.05, 0.1) is 34.1 Å². The highest BCUT2D eigenvalue weighted by Crippen LogP contribution is 2.56. The van der Waals surface area contributed by atoms with Crippen LogP contribution in [0.25, 0.3) is 190 Å². The Balaban J connectivity index is 0.000000143. The number of thiophene rings is 4. The number of anilines is 12. The fraction of sp³-hybridized carbons (Fsp3) is 0.0588. The van der Waals surface area contributed by atoms with Gasteiger partial charge in [0.25, 0.3) is 0 Å². The second kappa shape index (κ2) is 35.3. The largest absolute Gasteiger partial charge is 0.310 e. The third-order valence-corrected chi connectivity index (χ3v) is 35.0. The summed E-state index contributed by atoms with van der Waals surface area (Å²) in [6, 6.07) is 168. The van der Waals surface area contributed by atoms with Crippen molar-refractivity contribution < 1.29 is 0 Å². The maximum Gasteiger partial charge on any atom is 0.0543 e. The monoisotopic (exact) mass is 1910 g/mol. The lowest BCUT2D eigenvalue weighted by Gasteiger charge is -2.32. The van der Waals surface area contributed by atoms with Gasteiger partial charge in [-0.1, -0.05) is 341 Å². The van der Waals surface area contributed by atoms with Gasteiger partial charge in [-0.3, -0.25) is 0 Å². The number of hydrogen-bond acceptors (Lipinski definition) is 8. The lowest BCUT2D eigenvalue weighted by Crippen LogP contribution is -2.14. The molecule has 0 aliphatic carbocycles. The van der Waals surface area contributed by atoms with Crippen LogP contribution in [-0.2, 0) is 12.8 Å². The first-order valence-corrected chi connectivity index (χ1v) is 53.2. The molecule has 28 aromatic rings. The molecule has 0 saturated carbocycles. The van der Waals surface area contributed by atoms with E-state index in [9.17, 15) is 0 Å². The van der Waals surface area contributed by atoms with E-state index in [0.717, 1.165) is 58.3 Å². The molecule has 684 valence electrons. The highest BCUT2D eigenvalue weighted by Gasteiger charge is 2.30. The van der Waals surface area contributed by atoms with E-state index in [0.29, 0.717) is 0 Å². The van der Waals surface area contributed by atoms with E-state index < -0.39 is 0 Å². The quantitative estimate of drug-likeness (QED) is 0.0794. The summed E-state index contributed by atoms with van der Waals surface area (Å²) in [5.74, 6) is 0. The van der Waals surface area contributed by atoms with Crippen LogP contribution in [-0.4, -0.2) is 0 Å². The fourth-order valence-electron chi connectivity index (χ4n) is 23.4. The first-order chi connectivity index (χ1) is 71.0. The number of hydrogen-bond donors (Lipinski definition) is 0. The van der Waals surface area contributed by atoms with Crippen LogP contribution < -0.4 is 19.6 Å². The van der Waals surface area contributed by atoms with Crippen LogP contribution in [0.1, 0.15) is 47.2 Å². The molecule has 0 radical (unpaired) electrons. The third kappa shape index (κ3) is 14.2. The molecule has 0 N–H and O–H groups in total. The molecule has 24 aromatic carbocycles. The molecule has 0 amide bonds. The van der Waals surface area contributed by atoms with Crippen molar-refractivity contribution in [2.45, 2.75) is 54.4 Å². The van der Waals surface area contributed by atoms with Crippen LogP contribution in [0, 0.1) is 27.7 Å². The molecule has 4 aromatic heterocycles. The molecule has 0 saturated heterocycles. The zero-order valence-corrected chi connectivity index (χ0v) is 83.8. The van der Waals surface area contributed by atoms with Crippen LogP contribution in [0.3, 0.4) is 0 Å². The van der Waals surface area contributed by atoms with E-state index in [1.54, 1.807) is 0 Å². The Hall–Kier alpha value is -16.6. The zero-order valence-electron chi connectivity index (χ0n) is 80.6. The average Bonchev–Trinajstić information content (AvgIpc) is 1.26. The lowest BCUT2D eigenvalue weighted by molar-refractivity contribution is 1.15. The summed E-state index contributed by atoms with van der Waals surface area (Å²) in [5.41, 5.74) is 31.5. The number of rotatable bonds is 18. The summed E-state index contributed by atoms with van der Waals surface area (Å²) in [5, 5.41) is 25.8. The van der Waals surface area contributed by atoms with Gasteiger partial charge < -0.3 is 19.6 Å². The number of aryl methyl sites for hydroxylation is 6. The number of benzene rings is 24. The van der Waals surface area contributed by atoms with Crippen molar-refractivity contribution in [1.29, 1.82) is 0 Å². The molecule has 0 aliphatic rings. The van der Waals surface area contributed by atoms with Gasteiger partial charge in [-0.15, -0.1) is 45.3 Å². The second-order valence-corrected chi connectivity index (χ2v) is 42.5. The highest BCUT2D eigenvalue weighted by atomic mass is 32.1. The van der Waals surface area contributed by atoms with Crippen molar-refractivity contribution >= 4 is 259 Å². The van der Waals surface area contributed by atoms with Crippen molar-refractivity contribution in [3.63, 3.8) is 0 Å². The Morgan fingerprint density at radius 3 is 0.729 bits per heavy atom. The van der Waals surface area contributed by atoms with E-state index in [4.69, 9.17) is 0 Å². The Morgan fingerprint density at radius 2 is 0.424 bits per heavy atom. The maximum atomic E-state index is 2.51. The van der Waals surface area contributed by atoms with Crippen LogP contribution in [0.5, 0.6) is 0 Å². The summed E-state index contributed by atoms with van der Waals surface area (Å²) in [6.07, 6.45) is 1.82. The van der Waals surface area contributed by atoms with E-state index in [-0.39, 0.29) is 0 Å². The SMILES string of the molecule is CCc1cc(N(c2ccccc2)c2ccc(-c3cccc4c3sc3ccccc34)cc2)c2ccc3c(CC)cc(N(c4ccccc4)c4ccc(-c5cccc6c5sc5ccccc56)cc4)c4ccc1c2c34.Cc1cccc(C)c1N(c1ccc(-c2cccc3c2sc2ccccc23)cc1)c1ccc2ccc3c(N(c4ccc(-c5cccc6c5sc5ccccc56)cc4)c4c(C)cccc4C)ccc4ccc1c2c43. The molecule has 0 atom stereocenters. The zero-order chi connectivity index (χ0) is 96.1. The van der Waals surface area contributed by atoms with Gasteiger partial charge in [-0.2, -0.15) is 0 Å². The topological polar surface area (TPSA) is 13.0 Å². The molecule has 0 unspecified atom stereocenters. The molecular weight excluding hydrogens is 1820 g/mol. The summed E-state index contributed by atoms with van der Waals surface area (Å²) >= 11 is 7.54. The van der Waals surface area contributed by atoms with Crippen molar-refractivity contribution in [2.24, 2.45) is 0 Å². The number of para-hydroxylation sites is 4. The predicted octanol–water partition coefficient (Wildman–Crippen LogP) is 41.5. The Morgan fingerprint density at radius 1 is 0.181 bits per heavy atom. The summed E-state index contributed by atoms with van der Waals surface area (Å²) in [4.78, 5) is 9.97. The van der Waals surface area contributed by atoms with Crippen molar-refractivity contribution in [2.75, 3.05) is 19.6 Å². The first-order valence-electron chi connectivity index (χ1n) is 49.9. The Bertz CT molecular complexity index is 9310. The first kappa shape index (κ1) is 86.5. The fourth-order valence-corrected chi connectivity index (χ4v) is 28.3. The minimum absolute atomic E-state index is 0.910. The second-order valence-electron chi connectivity index (χ2n) is 38.3. The smallest absolute Gasteiger partial charge is 0.0543 e. The van der Waals surface area contributed by atoms with Gasteiger partial charge in [-0.05, 0) is 283 Å². The number of fused-ring (bicyclic) bond motifs is 12. The normalized spacial score (nSPS) is 11.9. The lowest BCUT2D eigenvalue weighted by atomic mass is 9.86. The summed E-state index contributed by atoms with van der Waals surface area (Å²) in [6.45, 7) is 13.6. The van der Waals surface area contributed by atoms with Crippen LogP contribution >= 0.6 is 45.3 Å². The van der Waals surface area contributed by atoms with Crippen LogP contribution in [0.4, 0.5) is 68.2 Å². The molecule has 0 fully saturated rings. The highest BCUT2D eigenvalue weighted by molar-refractivity contribution is 7.27. The minimum atomic E-state index is 0.910. The maximum absolute atomic E-state index is 2.51. The van der Waals surface area contributed by atoms with E-state index >= 15 is 0 Å². The molecule has 0 bridgehead atoms. The third-order valence-electron chi connectivity index (χ3n) is 30.1. The van der Waals surface area contributed by atoms with Gasteiger partial charge in [0.15, 0.2) is 0 Å². The van der Waals surface area contributed by atoms with Gasteiger partial charge in [0.2, 0.25) is 0 Å². The Kier molecular flexibility index (Phi) is 21.2. The van der Waals surface area contributed by atoms with Crippen molar-refractivity contribution in [1.82, 2.24) is 0 Å².